The van der Waals surface area contributed by atoms with Crippen LogP contribution in [0.2, 0.25) is 0 Å². The number of methoxy groups -OCH3 is 1. The summed E-state index contributed by atoms with van der Waals surface area (Å²) in [5.74, 6) is -0.478. The smallest absolute Gasteiger partial charge is 0.324 e. The quantitative estimate of drug-likeness (QED) is 0.784. The molecular weight excluding hydrogens is 326 g/mol. The van der Waals surface area contributed by atoms with Gasteiger partial charge in [0.15, 0.2) is 0 Å². The molecule has 1 aromatic rings. The summed E-state index contributed by atoms with van der Waals surface area (Å²) in [5.41, 5.74) is 4.63. The van der Waals surface area contributed by atoms with Gasteiger partial charge in [-0.2, -0.15) is 4.31 Å². The van der Waals surface area contributed by atoms with Crippen molar-refractivity contribution < 1.29 is 17.9 Å². The molecule has 1 aromatic carbocycles. The molecule has 24 heavy (non-hydrogen) atoms. The van der Waals surface area contributed by atoms with Crippen LogP contribution in [0.4, 0.5) is 0 Å². The molecule has 1 heterocycles. The van der Waals surface area contributed by atoms with Crippen molar-refractivity contribution in [2.75, 3.05) is 13.7 Å². The van der Waals surface area contributed by atoms with E-state index in [2.05, 4.69) is 0 Å². The summed E-state index contributed by atoms with van der Waals surface area (Å²) in [6.07, 6.45) is 2.10. The SMILES string of the molecule is COC(=O)C1CCCCN1S(=O)(=O)c1c(C)c(C)c(C)c(C)c1C. The van der Waals surface area contributed by atoms with Crippen LogP contribution in [0.1, 0.15) is 47.1 Å². The van der Waals surface area contributed by atoms with Crippen molar-refractivity contribution in [3.8, 4) is 0 Å². The first kappa shape index (κ1) is 18.9. The molecule has 1 unspecified atom stereocenters. The van der Waals surface area contributed by atoms with Crippen molar-refractivity contribution in [3.05, 3.63) is 27.8 Å². The molecule has 0 bridgehead atoms. The van der Waals surface area contributed by atoms with Gasteiger partial charge in [0.1, 0.15) is 6.04 Å². The molecule has 5 nitrogen and oxygen atoms in total. The molecule has 0 spiro atoms. The molecule has 0 amide bonds. The van der Waals surface area contributed by atoms with E-state index < -0.39 is 22.0 Å². The average Bonchev–Trinajstić information content (AvgIpc) is 2.57. The summed E-state index contributed by atoms with van der Waals surface area (Å²) in [4.78, 5) is 12.4. The van der Waals surface area contributed by atoms with Gasteiger partial charge in [-0.3, -0.25) is 4.79 Å². The van der Waals surface area contributed by atoms with Crippen LogP contribution in [0.25, 0.3) is 0 Å². The second-order valence-electron chi connectivity index (χ2n) is 6.60. The van der Waals surface area contributed by atoms with E-state index in [0.29, 0.717) is 17.9 Å². The van der Waals surface area contributed by atoms with Gasteiger partial charge in [0.05, 0.1) is 12.0 Å². The zero-order valence-electron chi connectivity index (χ0n) is 15.4. The molecule has 0 aliphatic carbocycles. The summed E-state index contributed by atoms with van der Waals surface area (Å²) in [5, 5.41) is 0. The van der Waals surface area contributed by atoms with Crippen LogP contribution < -0.4 is 0 Å². The van der Waals surface area contributed by atoms with Crippen LogP contribution in [0.15, 0.2) is 4.90 Å². The summed E-state index contributed by atoms with van der Waals surface area (Å²) in [6.45, 7) is 9.96. The van der Waals surface area contributed by atoms with Gasteiger partial charge in [0.25, 0.3) is 0 Å². The fourth-order valence-electron chi connectivity index (χ4n) is 3.53. The number of nitrogens with zero attached hydrogens (tertiary/aromatic N) is 1. The molecule has 0 saturated carbocycles. The monoisotopic (exact) mass is 353 g/mol. The Hall–Kier alpha value is -1.40. The van der Waals surface area contributed by atoms with E-state index in [0.717, 1.165) is 40.7 Å². The van der Waals surface area contributed by atoms with Crippen molar-refractivity contribution in [2.45, 2.75) is 64.8 Å². The molecule has 1 aliphatic rings. The Morgan fingerprint density at radius 2 is 1.46 bits per heavy atom. The van der Waals surface area contributed by atoms with E-state index in [-0.39, 0.29) is 0 Å². The van der Waals surface area contributed by atoms with Crippen LogP contribution in [0, 0.1) is 34.6 Å². The first-order valence-electron chi connectivity index (χ1n) is 8.31. The lowest BCUT2D eigenvalue weighted by atomic mass is 9.95. The Bertz CT molecular complexity index is 739. The van der Waals surface area contributed by atoms with Crippen molar-refractivity contribution in [1.82, 2.24) is 4.31 Å². The van der Waals surface area contributed by atoms with Gasteiger partial charge in [0, 0.05) is 6.54 Å². The third-order valence-electron chi connectivity index (χ3n) is 5.42. The third-order valence-corrected chi connectivity index (χ3v) is 7.61. The molecule has 6 heteroatoms. The minimum Gasteiger partial charge on any atom is -0.468 e. The fraction of sp³-hybridized carbons (Fsp3) is 0.611. The standard InChI is InChI=1S/C18H27NO4S/c1-11-12(2)14(4)17(15(5)13(11)3)24(21,22)19-10-8-7-9-16(19)18(20)23-6/h16H,7-10H2,1-6H3. The number of hydrogen-bond acceptors (Lipinski definition) is 4. The summed E-state index contributed by atoms with van der Waals surface area (Å²) >= 11 is 0. The minimum atomic E-state index is -3.76. The number of carbonyl (C=O) groups excluding carboxylic acids is 1. The molecule has 0 radical (unpaired) electrons. The maximum atomic E-state index is 13.4. The fourth-order valence-corrected chi connectivity index (χ4v) is 5.74. The second-order valence-corrected chi connectivity index (χ2v) is 8.43. The van der Waals surface area contributed by atoms with Crippen LogP contribution in [0.3, 0.4) is 0 Å². The Balaban J connectivity index is 2.64. The van der Waals surface area contributed by atoms with Crippen molar-refractivity contribution in [1.29, 1.82) is 0 Å². The molecule has 0 N–H and O–H groups in total. The molecule has 2 rings (SSSR count). The molecule has 134 valence electrons. The second kappa shape index (κ2) is 6.84. The highest BCUT2D eigenvalue weighted by Crippen LogP contribution is 2.34. The molecule has 1 saturated heterocycles. The molecule has 1 atom stereocenters. The Morgan fingerprint density at radius 3 is 1.96 bits per heavy atom. The van der Waals surface area contributed by atoms with Crippen molar-refractivity contribution >= 4 is 16.0 Å². The number of piperidine rings is 1. The largest absolute Gasteiger partial charge is 0.468 e. The van der Waals surface area contributed by atoms with Gasteiger partial charge < -0.3 is 4.74 Å². The topological polar surface area (TPSA) is 63.7 Å². The number of rotatable bonds is 3. The van der Waals surface area contributed by atoms with E-state index in [4.69, 9.17) is 4.74 Å². The predicted molar refractivity (Wildman–Crippen MR) is 93.7 cm³/mol. The zero-order chi connectivity index (χ0) is 18.2. The highest BCUT2D eigenvalue weighted by molar-refractivity contribution is 7.89. The number of esters is 1. The molecule has 0 aromatic heterocycles. The van der Waals surface area contributed by atoms with Gasteiger partial charge in [-0.25, -0.2) is 8.42 Å². The first-order chi connectivity index (χ1) is 11.1. The number of benzene rings is 1. The van der Waals surface area contributed by atoms with E-state index >= 15 is 0 Å². The maximum absolute atomic E-state index is 13.4. The first-order valence-corrected chi connectivity index (χ1v) is 9.75. The third kappa shape index (κ3) is 2.97. The van der Waals surface area contributed by atoms with Gasteiger partial charge >= 0.3 is 5.97 Å². The van der Waals surface area contributed by atoms with Gasteiger partial charge in [-0.1, -0.05) is 0 Å². The number of ether oxygens (including phenoxy) is 1. The Labute approximate surface area is 145 Å². The summed E-state index contributed by atoms with van der Waals surface area (Å²) in [6, 6.07) is -0.727. The van der Waals surface area contributed by atoms with Crippen molar-refractivity contribution in [2.24, 2.45) is 0 Å². The Kier molecular flexibility index (Phi) is 5.40. The lowest BCUT2D eigenvalue weighted by molar-refractivity contribution is -0.146. The number of hydrogen-bond donors (Lipinski definition) is 0. The summed E-state index contributed by atoms with van der Waals surface area (Å²) < 4.78 is 33.0. The Morgan fingerprint density at radius 1 is 0.958 bits per heavy atom. The summed E-state index contributed by atoms with van der Waals surface area (Å²) in [7, 11) is -2.45. The van der Waals surface area contributed by atoms with E-state index in [1.165, 1.54) is 11.4 Å². The highest BCUT2D eigenvalue weighted by Gasteiger charge is 2.40. The number of carbonyl (C=O) groups is 1. The minimum absolute atomic E-state index is 0.346. The van der Waals surface area contributed by atoms with Crippen LogP contribution in [-0.2, 0) is 19.6 Å². The number of sulfonamides is 1. The molecular formula is C18H27NO4S. The van der Waals surface area contributed by atoms with Crippen LogP contribution >= 0.6 is 0 Å². The van der Waals surface area contributed by atoms with Crippen molar-refractivity contribution in [3.63, 3.8) is 0 Å². The van der Waals surface area contributed by atoms with Gasteiger partial charge in [0.2, 0.25) is 10.0 Å². The van der Waals surface area contributed by atoms with Crippen LogP contribution in [0.5, 0.6) is 0 Å². The zero-order valence-corrected chi connectivity index (χ0v) is 16.2. The van der Waals surface area contributed by atoms with Gasteiger partial charge in [-0.15, -0.1) is 0 Å². The average molecular weight is 353 g/mol. The van der Waals surface area contributed by atoms with E-state index in [1.807, 2.05) is 34.6 Å². The lowest BCUT2D eigenvalue weighted by Crippen LogP contribution is -2.48. The maximum Gasteiger partial charge on any atom is 0.324 e. The van der Waals surface area contributed by atoms with Crippen LogP contribution in [-0.4, -0.2) is 38.4 Å². The van der Waals surface area contributed by atoms with Gasteiger partial charge in [-0.05, 0) is 81.7 Å². The molecule has 1 aliphatic heterocycles. The van der Waals surface area contributed by atoms with E-state index in [1.54, 1.807) is 0 Å². The lowest BCUT2D eigenvalue weighted by Gasteiger charge is -2.34. The highest BCUT2D eigenvalue weighted by atomic mass is 32.2. The predicted octanol–water partition coefficient (Wildman–Crippen LogP) is 2.94. The molecule has 1 fully saturated rings. The van der Waals surface area contributed by atoms with E-state index in [9.17, 15) is 13.2 Å². The normalized spacial score (nSPS) is 19.3.